The summed E-state index contributed by atoms with van der Waals surface area (Å²) >= 11 is 11.6. The zero-order valence-corrected chi connectivity index (χ0v) is 9.67. The van der Waals surface area contributed by atoms with E-state index in [4.69, 9.17) is 23.2 Å². The lowest BCUT2D eigenvalue weighted by Crippen LogP contribution is -2.09. The number of hydrogen-bond donors (Lipinski definition) is 1. The van der Waals surface area contributed by atoms with Crippen molar-refractivity contribution in [3.8, 4) is 0 Å². The van der Waals surface area contributed by atoms with Gasteiger partial charge in [0.1, 0.15) is 10.7 Å². The van der Waals surface area contributed by atoms with Crippen molar-refractivity contribution in [2.45, 2.75) is 6.92 Å². The van der Waals surface area contributed by atoms with Crippen LogP contribution in [0, 0.1) is 0 Å². The van der Waals surface area contributed by atoms with Gasteiger partial charge in [-0.1, -0.05) is 23.2 Å². The maximum absolute atomic E-state index is 10.8. The zero-order valence-electron chi connectivity index (χ0n) is 8.16. The molecule has 0 saturated carbocycles. The number of pyridine rings is 1. The first-order chi connectivity index (χ1) is 7.56. The largest absolute Gasteiger partial charge is 0.295 e. The molecule has 0 spiro atoms. The van der Waals surface area contributed by atoms with Crippen LogP contribution in [0.4, 0.5) is 5.95 Å². The SMILES string of the molecule is CC(=O)Nc1nc(Cl)c2nc(Cl)ccc2n1. The molecule has 1 amide bonds. The Hall–Kier alpha value is -1.46. The number of anilines is 1. The summed E-state index contributed by atoms with van der Waals surface area (Å²) in [6.45, 7) is 1.36. The Balaban J connectivity index is 2.59. The lowest BCUT2D eigenvalue weighted by Gasteiger charge is -2.03. The third-order valence-corrected chi connectivity index (χ3v) is 2.23. The third kappa shape index (κ3) is 2.20. The predicted molar refractivity (Wildman–Crippen MR) is 61.7 cm³/mol. The van der Waals surface area contributed by atoms with E-state index in [0.29, 0.717) is 16.2 Å². The number of carbonyl (C=O) groups excluding carboxylic acids is 1. The monoisotopic (exact) mass is 256 g/mol. The number of halogens is 2. The van der Waals surface area contributed by atoms with Crippen LogP contribution in [0.5, 0.6) is 0 Å². The quantitative estimate of drug-likeness (QED) is 0.628. The average Bonchev–Trinajstić information content (AvgIpc) is 2.18. The van der Waals surface area contributed by atoms with Crippen LogP contribution in [0.1, 0.15) is 6.92 Å². The highest BCUT2D eigenvalue weighted by Crippen LogP contribution is 2.21. The minimum atomic E-state index is -0.266. The van der Waals surface area contributed by atoms with Gasteiger partial charge in [0.15, 0.2) is 5.15 Å². The fourth-order valence-corrected chi connectivity index (χ4v) is 1.54. The summed E-state index contributed by atoms with van der Waals surface area (Å²) in [6.07, 6.45) is 0. The molecule has 5 nitrogen and oxygen atoms in total. The van der Waals surface area contributed by atoms with E-state index in [-0.39, 0.29) is 17.0 Å². The third-order valence-electron chi connectivity index (χ3n) is 1.75. The molecule has 0 bridgehead atoms. The fourth-order valence-electron chi connectivity index (χ4n) is 1.17. The van der Waals surface area contributed by atoms with Crippen LogP contribution in [0.25, 0.3) is 11.0 Å². The Bertz CT molecular complexity index is 573. The summed E-state index contributed by atoms with van der Waals surface area (Å²) in [4.78, 5) is 22.8. The minimum Gasteiger partial charge on any atom is -0.295 e. The molecule has 2 heterocycles. The highest BCUT2D eigenvalue weighted by Gasteiger charge is 2.08. The van der Waals surface area contributed by atoms with Gasteiger partial charge in [-0.05, 0) is 12.1 Å². The standard InChI is InChI=1S/C9H6Cl2N4O/c1-4(16)12-9-13-5-2-3-6(10)14-7(5)8(11)15-9/h2-3H,1H3,(H,12,13,15,16). The van der Waals surface area contributed by atoms with Crippen LogP contribution in [0.2, 0.25) is 10.3 Å². The molecule has 0 atom stereocenters. The van der Waals surface area contributed by atoms with Crippen LogP contribution in [-0.4, -0.2) is 20.9 Å². The number of amides is 1. The second-order valence-electron chi connectivity index (χ2n) is 3.02. The van der Waals surface area contributed by atoms with Crippen LogP contribution in [-0.2, 0) is 4.79 Å². The van der Waals surface area contributed by atoms with Gasteiger partial charge in [0.2, 0.25) is 11.9 Å². The summed E-state index contributed by atoms with van der Waals surface area (Å²) in [5.41, 5.74) is 0.927. The van der Waals surface area contributed by atoms with Gasteiger partial charge >= 0.3 is 0 Å². The molecule has 2 aromatic rings. The second kappa shape index (κ2) is 4.19. The molecule has 0 unspecified atom stereocenters. The van der Waals surface area contributed by atoms with Gasteiger partial charge in [-0.3, -0.25) is 10.1 Å². The molecular weight excluding hydrogens is 251 g/mol. The molecule has 0 radical (unpaired) electrons. The van der Waals surface area contributed by atoms with Gasteiger partial charge in [0.05, 0.1) is 5.52 Å². The van der Waals surface area contributed by atoms with Crippen molar-refractivity contribution < 1.29 is 4.79 Å². The van der Waals surface area contributed by atoms with Gasteiger partial charge in [0.25, 0.3) is 0 Å². The lowest BCUT2D eigenvalue weighted by atomic mass is 10.4. The number of aromatic nitrogens is 3. The minimum absolute atomic E-state index is 0.147. The Labute approximate surface area is 101 Å². The normalized spacial score (nSPS) is 10.4. The maximum atomic E-state index is 10.8. The number of nitrogens with zero attached hydrogens (tertiary/aromatic N) is 3. The molecule has 0 aliphatic heterocycles. The number of carbonyl (C=O) groups is 1. The van der Waals surface area contributed by atoms with Gasteiger partial charge in [-0.15, -0.1) is 0 Å². The zero-order chi connectivity index (χ0) is 11.7. The highest BCUT2D eigenvalue weighted by molar-refractivity contribution is 6.34. The Morgan fingerprint density at radius 3 is 2.69 bits per heavy atom. The fraction of sp³-hybridized carbons (Fsp3) is 0.111. The van der Waals surface area contributed by atoms with E-state index in [2.05, 4.69) is 20.3 Å². The first kappa shape index (κ1) is 11.0. The van der Waals surface area contributed by atoms with Crippen molar-refractivity contribution in [1.29, 1.82) is 0 Å². The van der Waals surface area contributed by atoms with E-state index < -0.39 is 0 Å². The smallest absolute Gasteiger partial charge is 0.231 e. The van der Waals surface area contributed by atoms with Crippen LogP contribution >= 0.6 is 23.2 Å². The molecule has 82 valence electrons. The van der Waals surface area contributed by atoms with E-state index in [0.717, 1.165) is 0 Å². The average molecular weight is 257 g/mol. The molecule has 1 N–H and O–H groups in total. The van der Waals surface area contributed by atoms with Crippen LogP contribution in [0.3, 0.4) is 0 Å². The molecule has 0 aliphatic rings. The van der Waals surface area contributed by atoms with Crippen LogP contribution in [0.15, 0.2) is 12.1 Å². The summed E-state index contributed by atoms with van der Waals surface area (Å²) < 4.78 is 0. The van der Waals surface area contributed by atoms with Crippen LogP contribution < -0.4 is 5.32 Å². The van der Waals surface area contributed by atoms with Crippen molar-refractivity contribution in [2.24, 2.45) is 0 Å². The van der Waals surface area contributed by atoms with E-state index >= 15 is 0 Å². The van der Waals surface area contributed by atoms with E-state index in [1.165, 1.54) is 6.92 Å². The van der Waals surface area contributed by atoms with E-state index in [9.17, 15) is 4.79 Å². The van der Waals surface area contributed by atoms with Crippen molar-refractivity contribution in [1.82, 2.24) is 15.0 Å². The Morgan fingerprint density at radius 1 is 1.25 bits per heavy atom. The van der Waals surface area contributed by atoms with E-state index in [1.54, 1.807) is 12.1 Å². The van der Waals surface area contributed by atoms with Gasteiger partial charge in [0, 0.05) is 6.92 Å². The van der Waals surface area contributed by atoms with Crippen molar-refractivity contribution >= 4 is 46.1 Å². The summed E-state index contributed by atoms with van der Waals surface area (Å²) in [5, 5.41) is 2.91. The molecule has 7 heteroatoms. The number of rotatable bonds is 1. The predicted octanol–water partition coefficient (Wildman–Crippen LogP) is 2.29. The molecular formula is C9H6Cl2N4O. The molecule has 0 aromatic carbocycles. The molecule has 2 rings (SSSR count). The summed E-state index contributed by atoms with van der Waals surface area (Å²) in [7, 11) is 0. The Kier molecular flexibility index (Phi) is 2.89. The molecule has 16 heavy (non-hydrogen) atoms. The molecule has 0 fully saturated rings. The second-order valence-corrected chi connectivity index (χ2v) is 3.77. The van der Waals surface area contributed by atoms with Gasteiger partial charge < -0.3 is 0 Å². The van der Waals surface area contributed by atoms with Crippen molar-refractivity contribution in [2.75, 3.05) is 5.32 Å². The van der Waals surface area contributed by atoms with E-state index in [1.807, 2.05) is 0 Å². The summed E-state index contributed by atoms with van der Waals surface area (Å²) in [5.74, 6) is -0.119. The molecule has 0 aliphatic carbocycles. The van der Waals surface area contributed by atoms with Crippen molar-refractivity contribution in [3.63, 3.8) is 0 Å². The first-order valence-corrected chi connectivity index (χ1v) is 5.09. The number of hydrogen-bond acceptors (Lipinski definition) is 4. The van der Waals surface area contributed by atoms with Gasteiger partial charge in [-0.25, -0.2) is 9.97 Å². The maximum Gasteiger partial charge on any atom is 0.231 e. The van der Waals surface area contributed by atoms with Crippen molar-refractivity contribution in [3.05, 3.63) is 22.4 Å². The van der Waals surface area contributed by atoms with Gasteiger partial charge in [-0.2, -0.15) is 4.98 Å². The first-order valence-electron chi connectivity index (χ1n) is 4.33. The lowest BCUT2D eigenvalue weighted by molar-refractivity contribution is -0.114. The topological polar surface area (TPSA) is 67.8 Å². The Morgan fingerprint density at radius 2 is 2.00 bits per heavy atom. The molecule has 0 saturated heterocycles. The molecule has 2 aromatic heterocycles. The number of nitrogens with one attached hydrogen (secondary N) is 1. The highest BCUT2D eigenvalue weighted by atomic mass is 35.5. The number of fused-ring (bicyclic) bond motifs is 1. The summed E-state index contributed by atoms with van der Waals surface area (Å²) in [6, 6.07) is 3.24.